The van der Waals surface area contributed by atoms with Crippen LogP contribution in [-0.4, -0.2) is 5.78 Å². The first-order valence-corrected chi connectivity index (χ1v) is 6.74. The summed E-state index contributed by atoms with van der Waals surface area (Å²) in [5.74, 6) is -0.453. The second-order valence-corrected chi connectivity index (χ2v) is 5.14. The van der Waals surface area contributed by atoms with E-state index in [9.17, 15) is 18.0 Å². The molecule has 0 bridgehead atoms. The molecule has 0 atom stereocenters. The molecule has 0 N–H and O–H groups in total. The zero-order valence-electron chi connectivity index (χ0n) is 12.2. The topological polar surface area (TPSA) is 17.1 Å². The zero-order chi connectivity index (χ0) is 16.3. The molecular formula is C18H15F3O. The standard InChI is InChI=1S/C18H15F3O/c1-12-6-7-14(13(2)10-12)8-9-17(22)15-4-3-5-16(11-15)18(19,20)21/h3-11H,1-2H3/b9-8+. The number of allylic oxidation sites excluding steroid dienone is 1. The molecule has 0 saturated heterocycles. The van der Waals surface area contributed by atoms with Gasteiger partial charge in [0.1, 0.15) is 0 Å². The van der Waals surface area contributed by atoms with Gasteiger partial charge in [-0.15, -0.1) is 0 Å². The van der Waals surface area contributed by atoms with Crippen LogP contribution in [0.1, 0.15) is 32.6 Å². The molecule has 0 aliphatic rings. The maximum atomic E-state index is 12.6. The van der Waals surface area contributed by atoms with E-state index in [-0.39, 0.29) is 5.56 Å². The van der Waals surface area contributed by atoms with Crippen molar-refractivity contribution in [3.63, 3.8) is 0 Å². The second kappa shape index (κ2) is 6.18. The van der Waals surface area contributed by atoms with Crippen LogP contribution >= 0.6 is 0 Å². The summed E-state index contributed by atoms with van der Waals surface area (Å²) in [6.45, 7) is 3.88. The van der Waals surface area contributed by atoms with Crippen LogP contribution in [-0.2, 0) is 6.18 Å². The molecule has 2 aromatic rings. The number of aryl methyl sites for hydroxylation is 2. The maximum Gasteiger partial charge on any atom is 0.416 e. The number of rotatable bonds is 3. The third-order valence-corrected chi connectivity index (χ3v) is 3.31. The van der Waals surface area contributed by atoms with Crippen LogP contribution in [0.25, 0.3) is 6.08 Å². The van der Waals surface area contributed by atoms with E-state index in [0.29, 0.717) is 0 Å². The van der Waals surface area contributed by atoms with Gasteiger partial charge in [0.15, 0.2) is 5.78 Å². The highest BCUT2D eigenvalue weighted by atomic mass is 19.4. The molecule has 0 saturated carbocycles. The van der Waals surface area contributed by atoms with Crippen molar-refractivity contribution in [2.75, 3.05) is 0 Å². The summed E-state index contributed by atoms with van der Waals surface area (Å²) in [5, 5.41) is 0. The Bertz CT molecular complexity index is 727. The fourth-order valence-electron chi connectivity index (χ4n) is 2.12. The predicted octanol–water partition coefficient (Wildman–Crippen LogP) is 5.22. The van der Waals surface area contributed by atoms with Gasteiger partial charge in [-0.3, -0.25) is 4.79 Å². The van der Waals surface area contributed by atoms with Gasteiger partial charge in [-0.1, -0.05) is 42.0 Å². The van der Waals surface area contributed by atoms with E-state index in [1.54, 1.807) is 6.08 Å². The molecule has 0 heterocycles. The number of ketones is 1. The molecule has 0 spiro atoms. The molecule has 4 heteroatoms. The van der Waals surface area contributed by atoms with E-state index in [2.05, 4.69) is 0 Å². The van der Waals surface area contributed by atoms with Gasteiger partial charge in [0.05, 0.1) is 5.56 Å². The molecular weight excluding hydrogens is 289 g/mol. The van der Waals surface area contributed by atoms with Gasteiger partial charge in [-0.05, 0) is 43.2 Å². The van der Waals surface area contributed by atoms with Crippen LogP contribution in [0.4, 0.5) is 13.2 Å². The van der Waals surface area contributed by atoms with E-state index in [1.807, 2.05) is 32.0 Å². The van der Waals surface area contributed by atoms with Crippen molar-refractivity contribution in [2.45, 2.75) is 20.0 Å². The highest BCUT2D eigenvalue weighted by molar-refractivity contribution is 6.07. The summed E-state index contributed by atoms with van der Waals surface area (Å²) in [7, 11) is 0. The number of hydrogen-bond donors (Lipinski definition) is 0. The maximum absolute atomic E-state index is 12.6. The lowest BCUT2D eigenvalue weighted by atomic mass is 10.0. The van der Waals surface area contributed by atoms with E-state index >= 15 is 0 Å². The summed E-state index contributed by atoms with van der Waals surface area (Å²) in [5.41, 5.74) is 2.19. The van der Waals surface area contributed by atoms with Crippen LogP contribution in [0.5, 0.6) is 0 Å². The molecule has 2 rings (SSSR count). The lowest BCUT2D eigenvalue weighted by Crippen LogP contribution is -2.06. The number of carbonyl (C=O) groups excluding carboxylic acids is 1. The van der Waals surface area contributed by atoms with Crippen LogP contribution in [0.3, 0.4) is 0 Å². The van der Waals surface area contributed by atoms with E-state index < -0.39 is 17.5 Å². The third kappa shape index (κ3) is 3.85. The van der Waals surface area contributed by atoms with Gasteiger partial charge in [-0.2, -0.15) is 13.2 Å². The lowest BCUT2D eigenvalue weighted by molar-refractivity contribution is -0.137. The van der Waals surface area contributed by atoms with Crippen LogP contribution < -0.4 is 0 Å². The van der Waals surface area contributed by atoms with Gasteiger partial charge in [0.2, 0.25) is 0 Å². The summed E-state index contributed by atoms with van der Waals surface area (Å²) in [6, 6.07) is 10.2. The molecule has 0 aromatic heterocycles. The van der Waals surface area contributed by atoms with Crippen LogP contribution in [0, 0.1) is 13.8 Å². The highest BCUT2D eigenvalue weighted by Gasteiger charge is 2.30. The molecule has 1 nitrogen and oxygen atoms in total. The average molecular weight is 304 g/mol. The summed E-state index contributed by atoms with van der Waals surface area (Å²) in [6.07, 6.45) is -1.53. The van der Waals surface area contributed by atoms with Crippen LogP contribution in [0.15, 0.2) is 48.5 Å². The van der Waals surface area contributed by atoms with Crippen LogP contribution in [0.2, 0.25) is 0 Å². The molecule has 0 aliphatic heterocycles. The van der Waals surface area contributed by atoms with Gasteiger partial charge in [-0.25, -0.2) is 0 Å². The Morgan fingerprint density at radius 2 is 1.77 bits per heavy atom. The highest BCUT2D eigenvalue weighted by Crippen LogP contribution is 2.29. The number of halogens is 3. The lowest BCUT2D eigenvalue weighted by Gasteiger charge is -2.07. The minimum atomic E-state index is -4.45. The number of benzene rings is 2. The Morgan fingerprint density at radius 1 is 1.05 bits per heavy atom. The van der Waals surface area contributed by atoms with E-state index in [1.165, 1.54) is 18.2 Å². The van der Waals surface area contributed by atoms with Crippen molar-refractivity contribution in [3.8, 4) is 0 Å². The first-order chi connectivity index (χ1) is 10.3. The SMILES string of the molecule is Cc1ccc(/C=C/C(=O)c2cccc(C(F)(F)F)c2)c(C)c1. The quantitative estimate of drug-likeness (QED) is 0.561. The van der Waals surface area contributed by atoms with E-state index in [4.69, 9.17) is 0 Å². The average Bonchev–Trinajstić information content (AvgIpc) is 2.45. The van der Waals surface area contributed by atoms with E-state index in [0.717, 1.165) is 28.8 Å². The fraction of sp³-hybridized carbons (Fsp3) is 0.167. The van der Waals surface area contributed by atoms with Crippen molar-refractivity contribution in [1.29, 1.82) is 0 Å². The van der Waals surface area contributed by atoms with Gasteiger partial charge in [0.25, 0.3) is 0 Å². The minimum absolute atomic E-state index is 0.0239. The number of hydrogen-bond acceptors (Lipinski definition) is 1. The molecule has 0 unspecified atom stereocenters. The molecule has 22 heavy (non-hydrogen) atoms. The first kappa shape index (κ1) is 16.0. The molecule has 2 aromatic carbocycles. The van der Waals surface area contributed by atoms with Crippen molar-refractivity contribution in [1.82, 2.24) is 0 Å². The Hall–Kier alpha value is -2.36. The monoisotopic (exact) mass is 304 g/mol. The van der Waals surface area contributed by atoms with Crippen molar-refractivity contribution < 1.29 is 18.0 Å². The second-order valence-electron chi connectivity index (χ2n) is 5.14. The van der Waals surface area contributed by atoms with Crippen molar-refractivity contribution >= 4 is 11.9 Å². The van der Waals surface area contributed by atoms with Gasteiger partial charge >= 0.3 is 6.18 Å². The normalized spacial score (nSPS) is 11.9. The number of alkyl halides is 3. The van der Waals surface area contributed by atoms with Crippen molar-refractivity contribution in [3.05, 3.63) is 76.4 Å². The van der Waals surface area contributed by atoms with Gasteiger partial charge < -0.3 is 0 Å². The predicted molar refractivity (Wildman–Crippen MR) is 80.7 cm³/mol. The largest absolute Gasteiger partial charge is 0.416 e. The van der Waals surface area contributed by atoms with Gasteiger partial charge in [0, 0.05) is 5.56 Å². The smallest absolute Gasteiger partial charge is 0.289 e. The molecule has 0 aliphatic carbocycles. The molecule has 0 fully saturated rings. The Kier molecular flexibility index (Phi) is 4.50. The number of carbonyl (C=O) groups is 1. The zero-order valence-corrected chi connectivity index (χ0v) is 12.2. The molecule has 0 radical (unpaired) electrons. The minimum Gasteiger partial charge on any atom is -0.289 e. The Balaban J connectivity index is 2.24. The third-order valence-electron chi connectivity index (χ3n) is 3.31. The molecule has 114 valence electrons. The van der Waals surface area contributed by atoms with Crippen molar-refractivity contribution in [2.24, 2.45) is 0 Å². The fourth-order valence-corrected chi connectivity index (χ4v) is 2.12. The Labute approximate surface area is 127 Å². The summed E-state index contributed by atoms with van der Waals surface area (Å²) >= 11 is 0. The summed E-state index contributed by atoms with van der Waals surface area (Å²) < 4.78 is 37.9. The molecule has 0 amide bonds. The first-order valence-electron chi connectivity index (χ1n) is 6.74. The summed E-state index contributed by atoms with van der Waals surface area (Å²) in [4.78, 5) is 12.0. The Morgan fingerprint density at radius 3 is 2.41 bits per heavy atom.